The van der Waals surface area contributed by atoms with Crippen molar-refractivity contribution < 1.29 is 8.42 Å². The van der Waals surface area contributed by atoms with Crippen molar-refractivity contribution in [3.8, 4) is 0 Å². The Morgan fingerprint density at radius 2 is 1.63 bits per heavy atom. The number of sulfone groups is 1. The highest BCUT2D eigenvalue weighted by Crippen LogP contribution is 2.35. The zero-order chi connectivity index (χ0) is 13.6. The molecule has 2 N–H and O–H groups in total. The maximum absolute atomic E-state index is 12.2. The lowest BCUT2D eigenvalue weighted by Crippen LogP contribution is -2.31. The molecule has 0 aromatic heterocycles. The maximum Gasteiger partial charge on any atom is 0.180 e. The van der Waals surface area contributed by atoms with E-state index >= 15 is 0 Å². The molecule has 0 unspecified atom stereocenters. The molecule has 1 aromatic rings. The smallest absolute Gasteiger partial charge is 0.180 e. The van der Waals surface area contributed by atoms with Gasteiger partial charge in [-0.25, -0.2) is 8.42 Å². The number of nitrogens with two attached hydrogens (primary N) is 1. The van der Waals surface area contributed by atoms with Crippen molar-refractivity contribution in [2.24, 2.45) is 5.73 Å². The molecule has 1 aliphatic rings. The molecule has 3 nitrogen and oxygen atoms in total. The molecule has 0 spiro atoms. The molecule has 2 rings (SSSR count). The molecule has 0 amide bonds. The van der Waals surface area contributed by atoms with Crippen LogP contribution in [0.3, 0.4) is 0 Å². The van der Waals surface area contributed by atoms with E-state index in [1.54, 1.807) is 12.1 Å². The average Bonchev–Trinajstić information content (AvgIpc) is 2.94. The lowest BCUT2D eigenvalue weighted by Gasteiger charge is -2.19. The summed E-state index contributed by atoms with van der Waals surface area (Å²) >= 11 is 0. The molecule has 0 heterocycles. The molecule has 1 saturated carbocycles. The molecule has 5 heteroatoms. The van der Waals surface area contributed by atoms with Crippen LogP contribution in [0.4, 0.5) is 0 Å². The minimum Gasteiger partial charge on any atom is -0.324 e. The van der Waals surface area contributed by atoms with Crippen LogP contribution in [0.2, 0.25) is 0 Å². The summed E-state index contributed by atoms with van der Waals surface area (Å²) in [7, 11) is -3.24. The molecule has 1 aromatic carbocycles. The van der Waals surface area contributed by atoms with Gasteiger partial charge in [-0.1, -0.05) is 32.9 Å². The van der Waals surface area contributed by atoms with Crippen LogP contribution in [0.15, 0.2) is 29.2 Å². The highest BCUT2D eigenvalue weighted by Gasteiger charge is 2.42. The molecule has 0 bridgehead atoms. The topological polar surface area (TPSA) is 60.2 Å². The van der Waals surface area contributed by atoms with Crippen molar-refractivity contribution in [1.29, 1.82) is 0 Å². The van der Waals surface area contributed by atoms with Crippen LogP contribution in [-0.4, -0.2) is 19.7 Å². The van der Waals surface area contributed by atoms with Gasteiger partial charge in [-0.3, -0.25) is 0 Å². The van der Waals surface area contributed by atoms with E-state index in [4.69, 9.17) is 5.73 Å². The molecule has 0 atom stereocenters. The predicted molar refractivity (Wildman–Crippen MR) is 80.6 cm³/mol. The van der Waals surface area contributed by atoms with Gasteiger partial charge in [0.1, 0.15) is 0 Å². The first-order chi connectivity index (χ1) is 8.12. The fraction of sp³-hybridized carbons (Fsp3) is 0.571. The molecule has 0 aliphatic heterocycles. The molecule has 108 valence electrons. The Morgan fingerprint density at radius 3 is 2.00 bits per heavy atom. The molecule has 19 heavy (non-hydrogen) atoms. The molecule has 1 fully saturated rings. The van der Waals surface area contributed by atoms with Crippen molar-refractivity contribution in [2.75, 3.05) is 5.75 Å². The van der Waals surface area contributed by atoms with Gasteiger partial charge in [-0.15, -0.1) is 12.4 Å². The first kappa shape index (κ1) is 16.5. The zero-order valence-electron chi connectivity index (χ0n) is 11.6. The van der Waals surface area contributed by atoms with Crippen LogP contribution in [0.5, 0.6) is 0 Å². The Morgan fingerprint density at radius 1 is 1.16 bits per heavy atom. The van der Waals surface area contributed by atoms with E-state index in [1.165, 1.54) is 0 Å². The van der Waals surface area contributed by atoms with E-state index in [2.05, 4.69) is 20.8 Å². The highest BCUT2D eigenvalue weighted by atomic mass is 35.5. The molecule has 1 aliphatic carbocycles. The largest absolute Gasteiger partial charge is 0.324 e. The van der Waals surface area contributed by atoms with Gasteiger partial charge in [0, 0.05) is 5.54 Å². The Bertz CT molecular complexity index is 540. The van der Waals surface area contributed by atoms with Crippen LogP contribution >= 0.6 is 12.4 Å². The van der Waals surface area contributed by atoms with Gasteiger partial charge in [0.05, 0.1) is 10.6 Å². The van der Waals surface area contributed by atoms with Gasteiger partial charge in [0.15, 0.2) is 9.84 Å². The van der Waals surface area contributed by atoms with Crippen LogP contribution < -0.4 is 5.73 Å². The van der Waals surface area contributed by atoms with Gasteiger partial charge in [-0.2, -0.15) is 0 Å². The molecule has 0 saturated heterocycles. The molecular weight excluding hydrogens is 282 g/mol. The van der Waals surface area contributed by atoms with Gasteiger partial charge in [0.25, 0.3) is 0 Å². The summed E-state index contributed by atoms with van der Waals surface area (Å²) in [5.41, 5.74) is 6.59. The van der Waals surface area contributed by atoms with Gasteiger partial charge < -0.3 is 5.73 Å². The van der Waals surface area contributed by atoms with E-state index in [0.717, 1.165) is 18.4 Å². The Hall–Kier alpha value is -0.580. The summed E-state index contributed by atoms with van der Waals surface area (Å²) in [5, 5.41) is 0. The lowest BCUT2D eigenvalue weighted by molar-refractivity contribution is 0.581. The molecule has 0 radical (unpaired) electrons. The van der Waals surface area contributed by atoms with E-state index in [1.807, 2.05) is 12.1 Å². The first-order valence-corrected chi connectivity index (χ1v) is 7.90. The summed E-state index contributed by atoms with van der Waals surface area (Å²) in [5.74, 6) is 0.0643. The summed E-state index contributed by atoms with van der Waals surface area (Å²) < 4.78 is 24.3. The van der Waals surface area contributed by atoms with E-state index in [-0.39, 0.29) is 23.6 Å². The number of hydrogen-bond acceptors (Lipinski definition) is 3. The first-order valence-electron chi connectivity index (χ1n) is 6.25. The number of halogens is 1. The summed E-state index contributed by atoms with van der Waals surface area (Å²) in [4.78, 5) is 0.382. The van der Waals surface area contributed by atoms with Gasteiger partial charge in [0.2, 0.25) is 0 Å². The number of benzene rings is 1. The Kier molecular flexibility index (Phi) is 4.40. The second-order valence-corrected chi connectivity index (χ2v) is 8.39. The fourth-order valence-corrected chi connectivity index (χ4v) is 3.69. The summed E-state index contributed by atoms with van der Waals surface area (Å²) in [6.45, 7) is 6.32. The zero-order valence-corrected chi connectivity index (χ0v) is 13.3. The maximum atomic E-state index is 12.2. The van der Waals surface area contributed by atoms with Crippen LogP contribution in [0, 0.1) is 0 Å². The van der Waals surface area contributed by atoms with E-state index in [0.29, 0.717) is 4.90 Å². The number of hydrogen-bond donors (Lipinski definition) is 1. The van der Waals surface area contributed by atoms with E-state index in [9.17, 15) is 8.42 Å². The minimum atomic E-state index is -3.24. The Labute approximate surface area is 121 Å². The Balaban J connectivity index is 0.00000180. The van der Waals surface area contributed by atoms with Gasteiger partial charge >= 0.3 is 0 Å². The van der Waals surface area contributed by atoms with Crippen molar-refractivity contribution in [3.63, 3.8) is 0 Å². The second-order valence-electron chi connectivity index (χ2n) is 6.40. The van der Waals surface area contributed by atoms with Crippen molar-refractivity contribution in [3.05, 3.63) is 29.8 Å². The second kappa shape index (κ2) is 5.08. The monoisotopic (exact) mass is 303 g/mol. The fourth-order valence-electron chi connectivity index (χ4n) is 1.93. The highest BCUT2D eigenvalue weighted by molar-refractivity contribution is 7.91. The normalized spacial score (nSPS) is 17.7. The summed E-state index contributed by atoms with van der Waals surface area (Å²) in [6.07, 6.45) is 1.62. The SMILES string of the molecule is CC(C)(C)c1ccc(S(=O)(=O)CC2(N)CC2)cc1.Cl. The van der Waals surface area contributed by atoms with Crippen molar-refractivity contribution >= 4 is 22.2 Å². The van der Waals surface area contributed by atoms with Crippen LogP contribution in [0.1, 0.15) is 39.2 Å². The predicted octanol–water partition coefficient (Wildman–Crippen LogP) is 2.67. The molecular formula is C14H22ClNO2S. The van der Waals surface area contributed by atoms with Gasteiger partial charge in [-0.05, 0) is 36.0 Å². The third kappa shape index (κ3) is 3.94. The quantitative estimate of drug-likeness (QED) is 0.934. The third-order valence-corrected chi connectivity index (χ3v) is 5.39. The minimum absolute atomic E-state index is 0. The summed E-state index contributed by atoms with van der Waals surface area (Å²) in [6, 6.07) is 7.18. The standard InChI is InChI=1S/C14H21NO2S.ClH/c1-13(2,3)11-4-6-12(7-5-11)18(16,17)10-14(15)8-9-14;/h4-7H,8-10,15H2,1-3H3;1H. The third-order valence-electron chi connectivity index (χ3n) is 3.45. The lowest BCUT2D eigenvalue weighted by atomic mass is 9.87. The average molecular weight is 304 g/mol. The van der Waals surface area contributed by atoms with Crippen molar-refractivity contribution in [2.45, 2.75) is 49.5 Å². The van der Waals surface area contributed by atoms with Crippen LogP contribution in [-0.2, 0) is 15.3 Å². The van der Waals surface area contributed by atoms with Crippen molar-refractivity contribution in [1.82, 2.24) is 0 Å². The van der Waals surface area contributed by atoms with Crippen LogP contribution in [0.25, 0.3) is 0 Å². The van der Waals surface area contributed by atoms with E-state index < -0.39 is 15.4 Å². The number of rotatable bonds is 3.